The molecule has 2 nitrogen and oxygen atoms in total. The Bertz CT molecular complexity index is 742. The summed E-state index contributed by atoms with van der Waals surface area (Å²) in [4.78, 5) is 11.7. The molecule has 0 N–H and O–H groups in total. The van der Waals surface area contributed by atoms with Crippen molar-refractivity contribution in [1.29, 1.82) is 0 Å². The quantitative estimate of drug-likeness (QED) is 0.360. The van der Waals surface area contributed by atoms with E-state index in [-0.39, 0.29) is 5.56 Å². The van der Waals surface area contributed by atoms with Crippen molar-refractivity contribution in [2.24, 2.45) is 0 Å². The summed E-state index contributed by atoms with van der Waals surface area (Å²) in [5.74, 6) is -11.4. The minimum Gasteiger partial charge on any atom is -0.465 e. The monoisotopic (exact) mass is 316 g/mol. The third kappa shape index (κ3) is 2.43. The number of hydrogen-bond donors (Lipinski definition) is 0. The average molecular weight is 316 g/mol. The Labute approximate surface area is 122 Å². The number of hydrogen-bond acceptors (Lipinski definition) is 2. The van der Waals surface area contributed by atoms with Gasteiger partial charge in [-0.1, -0.05) is 17.7 Å². The van der Waals surface area contributed by atoms with E-state index in [0.29, 0.717) is 5.56 Å². The summed E-state index contributed by atoms with van der Waals surface area (Å²) in [5, 5.41) is 0. The number of carbonyl (C=O) groups excluding carboxylic acids is 1. The first-order valence-corrected chi connectivity index (χ1v) is 6.00. The number of ether oxygens (including phenoxy) is 1. The Morgan fingerprint density at radius 3 is 1.91 bits per heavy atom. The molecule has 0 saturated carbocycles. The zero-order valence-electron chi connectivity index (χ0n) is 11.4. The molecule has 0 fully saturated rings. The number of carbonyl (C=O) groups is 1. The fourth-order valence-corrected chi connectivity index (χ4v) is 2.00. The van der Waals surface area contributed by atoms with Crippen LogP contribution >= 0.6 is 0 Å². The maximum Gasteiger partial charge on any atom is 0.338 e. The molecule has 0 unspecified atom stereocenters. The van der Waals surface area contributed by atoms with Crippen LogP contribution in [0.3, 0.4) is 0 Å². The first kappa shape index (κ1) is 15.9. The lowest BCUT2D eigenvalue weighted by Gasteiger charge is -2.12. The average Bonchev–Trinajstić information content (AvgIpc) is 2.51. The van der Waals surface area contributed by atoms with Crippen molar-refractivity contribution in [2.75, 3.05) is 7.11 Å². The van der Waals surface area contributed by atoms with E-state index in [9.17, 15) is 26.7 Å². The Kier molecular flexibility index (Phi) is 4.16. The van der Waals surface area contributed by atoms with Gasteiger partial charge < -0.3 is 4.74 Å². The van der Waals surface area contributed by atoms with Crippen LogP contribution in [0.2, 0.25) is 0 Å². The molecule has 0 heterocycles. The van der Waals surface area contributed by atoms with E-state index >= 15 is 0 Å². The van der Waals surface area contributed by atoms with Gasteiger partial charge in [-0.15, -0.1) is 0 Å². The third-order valence-electron chi connectivity index (χ3n) is 3.06. The predicted octanol–water partition coefficient (Wildman–Crippen LogP) is 4.14. The van der Waals surface area contributed by atoms with Gasteiger partial charge in [-0.25, -0.2) is 26.7 Å². The van der Waals surface area contributed by atoms with Crippen molar-refractivity contribution < 1.29 is 31.5 Å². The Balaban J connectivity index is 2.86. The molecule has 0 aromatic heterocycles. The largest absolute Gasteiger partial charge is 0.465 e. The van der Waals surface area contributed by atoms with Crippen LogP contribution in [0.15, 0.2) is 18.2 Å². The van der Waals surface area contributed by atoms with Crippen molar-refractivity contribution in [1.82, 2.24) is 0 Å². The SMILES string of the molecule is COC(=O)c1cc(C)ccc1-c1c(F)c(F)c(F)c(F)c1F. The van der Waals surface area contributed by atoms with Crippen LogP contribution in [0.1, 0.15) is 15.9 Å². The molecule has 116 valence electrons. The molecule has 0 aliphatic heterocycles. The van der Waals surface area contributed by atoms with Crippen LogP contribution in [-0.2, 0) is 4.74 Å². The van der Waals surface area contributed by atoms with Crippen molar-refractivity contribution in [3.05, 3.63) is 58.4 Å². The number of esters is 1. The maximum atomic E-state index is 13.9. The summed E-state index contributed by atoms with van der Waals surface area (Å²) in [6.07, 6.45) is 0. The lowest BCUT2D eigenvalue weighted by molar-refractivity contribution is 0.0601. The van der Waals surface area contributed by atoms with Gasteiger partial charge in [0.2, 0.25) is 5.82 Å². The van der Waals surface area contributed by atoms with Crippen molar-refractivity contribution in [3.8, 4) is 11.1 Å². The lowest BCUT2D eigenvalue weighted by atomic mass is 9.96. The maximum absolute atomic E-state index is 13.9. The molecule has 2 aromatic carbocycles. The molecule has 0 atom stereocenters. The lowest BCUT2D eigenvalue weighted by Crippen LogP contribution is -2.09. The van der Waals surface area contributed by atoms with Crippen molar-refractivity contribution in [3.63, 3.8) is 0 Å². The highest BCUT2D eigenvalue weighted by atomic mass is 19.2. The highest BCUT2D eigenvalue weighted by Gasteiger charge is 2.29. The van der Waals surface area contributed by atoms with E-state index in [4.69, 9.17) is 0 Å². The van der Waals surface area contributed by atoms with Gasteiger partial charge in [0.15, 0.2) is 23.3 Å². The summed E-state index contributed by atoms with van der Waals surface area (Å²) in [6, 6.07) is 3.71. The van der Waals surface area contributed by atoms with Crippen LogP contribution < -0.4 is 0 Å². The van der Waals surface area contributed by atoms with Gasteiger partial charge in [-0.3, -0.25) is 0 Å². The minimum atomic E-state index is -2.26. The molecule has 7 heteroatoms. The molecule has 0 radical (unpaired) electrons. The van der Waals surface area contributed by atoms with E-state index < -0.39 is 46.2 Å². The molecule has 22 heavy (non-hydrogen) atoms. The third-order valence-corrected chi connectivity index (χ3v) is 3.06. The van der Waals surface area contributed by atoms with Crippen LogP contribution in [0.5, 0.6) is 0 Å². The normalized spacial score (nSPS) is 10.7. The second-order valence-corrected chi connectivity index (χ2v) is 4.49. The second-order valence-electron chi connectivity index (χ2n) is 4.49. The van der Waals surface area contributed by atoms with Gasteiger partial charge in [0.25, 0.3) is 0 Å². The van der Waals surface area contributed by atoms with E-state index in [1.807, 2.05) is 0 Å². The van der Waals surface area contributed by atoms with Crippen LogP contribution in [-0.4, -0.2) is 13.1 Å². The van der Waals surface area contributed by atoms with E-state index in [2.05, 4.69) is 4.74 Å². The minimum absolute atomic E-state index is 0.300. The fraction of sp³-hybridized carbons (Fsp3) is 0.133. The van der Waals surface area contributed by atoms with Crippen LogP contribution in [0, 0.1) is 36.0 Å². The van der Waals surface area contributed by atoms with Gasteiger partial charge in [0.05, 0.1) is 18.2 Å². The zero-order valence-corrected chi connectivity index (χ0v) is 11.4. The molecule has 0 saturated heterocycles. The van der Waals surface area contributed by atoms with Gasteiger partial charge in [0, 0.05) is 5.56 Å². The Morgan fingerprint density at radius 2 is 1.41 bits per heavy atom. The molecular formula is C15H9F5O2. The smallest absolute Gasteiger partial charge is 0.338 e. The highest BCUT2D eigenvalue weighted by Crippen LogP contribution is 2.34. The van der Waals surface area contributed by atoms with Crippen molar-refractivity contribution >= 4 is 5.97 Å². The summed E-state index contributed by atoms with van der Waals surface area (Å²) in [5.41, 5.74) is -1.36. The van der Waals surface area contributed by atoms with E-state index in [1.54, 1.807) is 6.92 Å². The number of halogens is 5. The molecule has 2 rings (SSSR count). The first-order valence-electron chi connectivity index (χ1n) is 6.00. The van der Waals surface area contributed by atoms with Crippen LogP contribution in [0.4, 0.5) is 22.0 Å². The number of methoxy groups -OCH3 is 1. The summed E-state index contributed by atoms with van der Waals surface area (Å²) < 4.78 is 71.9. The molecule has 0 aliphatic carbocycles. The molecule has 0 amide bonds. The topological polar surface area (TPSA) is 26.3 Å². The summed E-state index contributed by atoms with van der Waals surface area (Å²) in [6.45, 7) is 1.59. The molecule has 0 aliphatic rings. The number of benzene rings is 2. The van der Waals surface area contributed by atoms with Crippen LogP contribution in [0.25, 0.3) is 11.1 Å². The second kappa shape index (κ2) is 5.75. The summed E-state index contributed by atoms with van der Waals surface area (Å²) >= 11 is 0. The van der Waals surface area contributed by atoms with Gasteiger partial charge >= 0.3 is 5.97 Å². The first-order chi connectivity index (χ1) is 10.3. The van der Waals surface area contributed by atoms with Gasteiger partial charge in [-0.2, -0.15) is 0 Å². The molecule has 0 spiro atoms. The fourth-order valence-electron chi connectivity index (χ4n) is 2.00. The zero-order chi connectivity index (χ0) is 16.6. The summed E-state index contributed by atoms with van der Waals surface area (Å²) in [7, 11) is 1.03. The highest BCUT2D eigenvalue weighted by molar-refractivity contribution is 5.97. The predicted molar refractivity (Wildman–Crippen MR) is 67.7 cm³/mol. The molecule has 0 bridgehead atoms. The van der Waals surface area contributed by atoms with E-state index in [0.717, 1.165) is 13.2 Å². The number of rotatable bonds is 2. The van der Waals surface area contributed by atoms with Crippen molar-refractivity contribution in [2.45, 2.75) is 6.92 Å². The standard InChI is InChI=1S/C15H9F5O2/c1-6-3-4-7(8(5-6)15(21)22-2)9-10(16)12(18)14(20)13(19)11(9)17/h3-5H,1-2H3. The molecule has 2 aromatic rings. The molecular weight excluding hydrogens is 307 g/mol. The Morgan fingerprint density at radius 1 is 0.909 bits per heavy atom. The van der Waals surface area contributed by atoms with Gasteiger partial charge in [-0.05, 0) is 13.0 Å². The Hall–Kier alpha value is -2.44. The van der Waals surface area contributed by atoms with E-state index in [1.165, 1.54) is 12.1 Å². The number of aryl methyl sites for hydroxylation is 1. The van der Waals surface area contributed by atoms with Gasteiger partial charge in [0.1, 0.15) is 0 Å².